The van der Waals surface area contributed by atoms with Gasteiger partial charge < -0.3 is 15.1 Å². The Morgan fingerprint density at radius 1 is 1.00 bits per heavy atom. The lowest BCUT2D eigenvalue weighted by atomic mass is 10.1. The summed E-state index contributed by atoms with van der Waals surface area (Å²) in [5.74, 6) is -0.229. The second kappa shape index (κ2) is 9.84. The number of nitrogens with zero attached hydrogens (tertiary/aromatic N) is 2. The molecule has 33 heavy (non-hydrogen) atoms. The van der Waals surface area contributed by atoms with Gasteiger partial charge >= 0.3 is 0 Å². The predicted octanol–water partition coefficient (Wildman–Crippen LogP) is 6.38. The van der Waals surface area contributed by atoms with E-state index in [2.05, 4.69) is 64.5 Å². The van der Waals surface area contributed by atoms with Gasteiger partial charge in [0.05, 0.1) is 11.4 Å². The molecule has 0 radical (unpaired) electrons. The third kappa shape index (κ3) is 4.93. The topological polar surface area (TPSA) is 18.5 Å². The smallest absolute Gasteiger partial charge is 0.123 e. The molecule has 0 aliphatic carbocycles. The SMILES string of the molecule is C[C@H](CN1CCCC1)N1c2ccccc2Sc2ccc(C(=S)NCc3cccc(F)c3)cc21. The molecular formula is C27H28FN3S2. The molecule has 1 atom stereocenters. The highest BCUT2D eigenvalue weighted by Gasteiger charge is 2.29. The minimum Gasteiger partial charge on any atom is -0.372 e. The van der Waals surface area contributed by atoms with E-state index >= 15 is 0 Å². The van der Waals surface area contributed by atoms with Gasteiger partial charge in [0.25, 0.3) is 0 Å². The molecule has 1 N–H and O–H groups in total. The van der Waals surface area contributed by atoms with Crippen molar-refractivity contribution < 1.29 is 4.39 Å². The van der Waals surface area contributed by atoms with E-state index in [9.17, 15) is 4.39 Å². The Balaban J connectivity index is 1.41. The lowest BCUT2D eigenvalue weighted by Crippen LogP contribution is -2.40. The fourth-order valence-electron chi connectivity index (χ4n) is 4.75. The number of fused-ring (bicyclic) bond motifs is 2. The van der Waals surface area contributed by atoms with Crippen LogP contribution in [0.4, 0.5) is 15.8 Å². The van der Waals surface area contributed by atoms with Crippen molar-refractivity contribution in [1.82, 2.24) is 10.2 Å². The van der Waals surface area contributed by atoms with Crippen LogP contribution >= 0.6 is 24.0 Å². The fraction of sp³-hybridized carbons (Fsp3) is 0.296. The van der Waals surface area contributed by atoms with Crippen molar-refractivity contribution in [1.29, 1.82) is 0 Å². The van der Waals surface area contributed by atoms with E-state index in [1.807, 2.05) is 17.8 Å². The Kier molecular flexibility index (Phi) is 6.67. The van der Waals surface area contributed by atoms with Gasteiger partial charge in [-0.15, -0.1) is 0 Å². The number of halogens is 1. The summed E-state index contributed by atoms with van der Waals surface area (Å²) >= 11 is 7.54. The van der Waals surface area contributed by atoms with Crippen molar-refractivity contribution in [3.8, 4) is 0 Å². The van der Waals surface area contributed by atoms with Crippen LogP contribution in [0.1, 0.15) is 30.9 Å². The highest BCUT2D eigenvalue weighted by Crippen LogP contribution is 2.49. The van der Waals surface area contributed by atoms with E-state index in [4.69, 9.17) is 12.2 Å². The summed E-state index contributed by atoms with van der Waals surface area (Å²) in [6.07, 6.45) is 2.59. The molecule has 3 aromatic rings. The van der Waals surface area contributed by atoms with Crippen LogP contribution in [0, 0.1) is 5.82 Å². The van der Waals surface area contributed by atoms with Crippen molar-refractivity contribution in [2.24, 2.45) is 0 Å². The first-order chi connectivity index (χ1) is 16.1. The normalized spacial score (nSPS) is 16.2. The number of nitrogens with one attached hydrogen (secondary N) is 1. The Morgan fingerprint density at radius 3 is 2.61 bits per heavy atom. The van der Waals surface area contributed by atoms with Crippen molar-refractivity contribution in [2.45, 2.75) is 42.1 Å². The van der Waals surface area contributed by atoms with Gasteiger partial charge in [-0.3, -0.25) is 0 Å². The quantitative estimate of drug-likeness (QED) is 0.414. The molecule has 5 rings (SSSR count). The predicted molar refractivity (Wildman–Crippen MR) is 139 cm³/mol. The maximum absolute atomic E-state index is 13.5. The van der Waals surface area contributed by atoms with E-state index in [0.29, 0.717) is 17.6 Å². The Hall–Kier alpha value is -2.41. The molecule has 0 amide bonds. The van der Waals surface area contributed by atoms with Crippen LogP contribution in [0.3, 0.4) is 0 Å². The molecular weight excluding hydrogens is 449 g/mol. The lowest BCUT2D eigenvalue weighted by Gasteiger charge is -2.39. The van der Waals surface area contributed by atoms with Crippen LogP contribution in [-0.4, -0.2) is 35.6 Å². The molecule has 0 aromatic heterocycles. The van der Waals surface area contributed by atoms with Crippen LogP contribution in [0.5, 0.6) is 0 Å². The number of para-hydroxylation sites is 1. The van der Waals surface area contributed by atoms with Gasteiger partial charge in [0, 0.05) is 34.5 Å². The van der Waals surface area contributed by atoms with Crippen molar-refractivity contribution in [3.63, 3.8) is 0 Å². The molecule has 6 heteroatoms. The number of hydrogen-bond donors (Lipinski definition) is 1. The maximum atomic E-state index is 13.5. The number of rotatable bonds is 6. The van der Waals surface area contributed by atoms with Crippen LogP contribution in [0.25, 0.3) is 0 Å². The third-order valence-electron chi connectivity index (χ3n) is 6.33. The van der Waals surface area contributed by atoms with Crippen LogP contribution in [0.15, 0.2) is 76.5 Å². The highest BCUT2D eigenvalue weighted by atomic mass is 32.2. The second-order valence-corrected chi connectivity index (χ2v) is 10.3. The van der Waals surface area contributed by atoms with E-state index in [1.165, 1.54) is 59.2 Å². The number of anilines is 2. The minimum absolute atomic E-state index is 0.229. The van der Waals surface area contributed by atoms with Gasteiger partial charge in [-0.2, -0.15) is 0 Å². The molecule has 0 bridgehead atoms. The average molecular weight is 478 g/mol. The summed E-state index contributed by atoms with van der Waals surface area (Å²) in [6, 6.07) is 22.1. The molecule has 0 spiro atoms. The van der Waals surface area contributed by atoms with Crippen LogP contribution in [-0.2, 0) is 6.54 Å². The summed E-state index contributed by atoms with van der Waals surface area (Å²) in [7, 11) is 0. The van der Waals surface area contributed by atoms with Crippen molar-refractivity contribution >= 4 is 40.3 Å². The minimum atomic E-state index is -0.229. The van der Waals surface area contributed by atoms with E-state index in [0.717, 1.165) is 17.7 Å². The van der Waals surface area contributed by atoms with Gasteiger partial charge in [0.15, 0.2) is 0 Å². The standard InChI is InChI=1S/C27H28FN3S2/c1-19(18-30-13-4-5-14-30)31-23-9-2-3-10-25(23)33-26-12-11-21(16-24(26)31)27(32)29-17-20-7-6-8-22(28)15-20/h2-3,6-12,15-16,19H,4-5,13-14,17-18H2,1H3,(H,29,32)/t19-/m1/s1. The zero-order valence-corrected chi connectivity index (χ0v) is 20.4. The Bertz CT molecular complexity index is 1160. The fourth-order valence-corrected chi connectivity index (χ4v) is 6.00. The lowest BCUT2D eigenvalue weighted by molar-refractivity contribution is 0.319. The molecule has 0 saturated carbocycles. The Morgan fingerprint density at radius 2 is 1.79 bits per heavy atom. The van der Waals surface area contributed by atoms with E-state index in [-0.39, 0.29) is 5.82 Å². The first-order valence-corrected chi connectivity index (χ1v) is 12.8. The van der Waals surface area contributed by atoms with E-state index in [1.54, 1.807) is 6.07 Å². The Labute approximate surface area is 205 Å². The number of benzene rings is 3. The summed E-state index contributed by atoms with van der Waals surface area (Å²) in [4.78, 5) is 8.27. The molecule has 170 valence electrons. The van der Waals surface area contributed by atoms with Crippen molar-refractivity contribution in [3.05, 3.63) is 83.7 Å². The summed E-state index contributed by atoms with van der Waals surface area (Å²) < 4.78 is 13.5. The molecule has 3 aromatic carbocycles. The van der Waals surface area contributed by atoms with E-state index < -0.39 is 0 Å². The second-order valence-electron chi connectivity index (χ2n) is 8.79. The average Bonchev–Trinajstić information content (AvgIpc) is 3.33. The summed E-state index contributed by atoms with van der Waals surface area (Å²) in [5, 5.41) is 3.30. The van der Waals surface area contributed by atoms with Crippen LogP contribution in [0.2, 0.25) is 0 Å². The monoisotopic (exact) mass is 477 g/mol. The maximum Gasteiger partial charge on any atom is 0.123 e. The van der Waals surface area contributed by atoms with Gasteiger partial charge in [0.2, 0.25) is 0 Å². The number of thiocarbonyl (C=S) groups is 1. The molecule has 2 aliphatic heterocycles. The molecule has 1 saturated heterocycles. The van der Waals surface area contributed by atoms with Gasteiger partial charge in [-0.25, -0.2) is 4.39 Å². The zero-order chi connectivity index (χ0) is 22.8. The number of likely N-dealkylation sites (tertiary alicyclic amines) is 1. The summed E-state index contributed by atoms with van der Waals surface area (Å²) in [6.45, 7) is 6.25. The third-order valence-corrected chi connectivity index (χ3v) is 7.84. The number of hydrogen-bond acceptors (Lipinski definition) is 4. The molecule has 3 nitrogen and oxygen atoms in total. The first kappa shape index (κ1) is 22.4. The largest absolute Gasteiger partial charge is 0.372 e. The van der Waals surface area contributed by atoms with Crippen molar-refractivity contribution in [2.75, 3.05) is 24.5 Å². The molecule has 2 heterocycles. The van der Waals surface area contributed by atoms with Crippen LogP contribution < -0.4 is 10.2 Å². The molecule has 1 fully saturated rings. The summed E-state index contributed by atoms with van der Waals surface area (Å²) in [5.41, 5.74) is 4.33. The molecule has 0 unspecified atom stereocenters. The first-order valence-electron chi connectivity index (χ1n) is 11.5. The van der Waals surface area contributed by atoms with Gasteiger partial charge in [-0.1, -0.05) is 54.3 Å². The van der Waals surface area contributed by atoms with Gasteiger partial charge in [-0.05, 0) is 74.8 Å². The zero-order valence-electron chi connectivity index (χ0n) is 18.8. The highest BCUT2D eigenvalue weighted by molar-refractivity contribution is 7.99. The molecule has 2 aliphatic rings. The van der Waals surface area contributed by atoms with Gasteiger partial charge in [0.1, 0.15) is 10.8 Å².